The van der Waals surface area contributed by atoms with E-state index < -0.39 is 5.79 Å². The van der Waals surface area contributed by atoms with Gasteiger partial charge in [0.05, 0.1) is 24.9 Å². The molecule has 2 heterocycles. The smallest absolute Gasteiger partial charge is 0.172 e. The molecule has 5 nitrogen and oxygen atoms in total. The zero-order chi connectivity index (χ0) is 18.1. The van der Waals surface area contributed by atoms with Gasteiger partial charge in [0.25, 0.3) is 0 Å². The summed E-state index contributed by atoms with van der Waals surface area (Å²) in [6.07, 6.45) is 9.83. The maximum atomic E-state index is 10.8. The van der Waals surface area contributed by atoms with Gasteiger partial charge in [0.2, 0.25) is 0 Å². The van der Waals surface area contributed by atoms with Crippen molar-refractivity contribution in [3.8, 4) is 0 Å². The van der Waals surface area contributed by atoms with Crippen molar-refractivity contribution in [2.75, 3.05) is 13.2 Å². The van der Waals surface area contributed by atoms with Crippen LogP contribution in [0.1, 0.15) is 85.5 Å². The van der Waals surface area contributed by atoms with Crippen molar-refractivity contribution in [2.24, 2.45) is 0 Å². The third kappa shape index (κ3) is 3.91. The fraction of sp³-hybridized carbons (Fsp3) is 1.00. The molecule has 2 aliphatic heterocycles. The maximum absolute atomic E-state index is 10.8. The number of hydrogen-bond acceptors (Lipinski definition) is 5. The minimum absolute atomic E-state index is 0.00869. The summed E-state index contributed by atoms with van der Waals surface area (Å²) in [6.45, 7) is 9.65. The van der Waals surface area contributed by atoms with E-state index in [4.69, 9.17) is 14.2 Å². The van der Waals surface area contributed by atoms with Crippen LogP contribution in [-0.2, 0) is 14.2 Å². The topological polar surface area (TPSA) is 51.2 Å². The first-order valence-corrected chi connectivity index (χ1v) is 10.3. The van der Waals surface area contributed by atoms with E-state index >= 15 is 0 Å². The summed E-state index contributed by atoms with van der Waals surface area (Å²) < 4.78 is 18.8. The van der Waals surface area contributed by atoms with Gasteiger partial charge in [0.15, 0.2) is 5.79 Å². The molecule has 2 unspecified atom stereocenters. The van der Waals surface area contributed by atoms with E-state index in [0.717, 1.165) is 12.8 Å². The molecule has 2 atom stereocenters. The quantitative estimate of drug-likeness (QED) is 0.798. The molecule has 0 amide bonds. The lowest BCUT2D eigenvalue weighted by molar-refractivity contribution is -0.327. The second-order valence-corrected chi connectivity index (χ2v) is 8.96. The van der Waals surface area contributed by atoms with E-state index in [2.05, 4.69) is 27.7 Å². The van der Waals surface area contributed by atoms with Gasteiger partial charge in [-0.25, -0.2) is 0 Å². The first kappa shape index (κ1) is 19.6. The molecule has 1 saturated carbocycles. The monoisotopic (exact) mass is 355 g/mol. The third-order valence-electron chi connectivity index (χ3n) is 6.62. The molecule has 146 valence electrons. The molecule has 25 heavy (non-hydrogen) atoms. The Kier molecular flexibility index (Phi) is 5.81. The van der Waals surface area contributed by atoms with Crippen LogP contribution in [0.4, 0.5) is 0 Å². The Morgan fingerprint density at radius 3 is 2.40 bits per heavy atom. The van der Waals surface area contributed by atoms with Crippen molar-refractivity contribution in [3.63, 3.8) is 0 Å². The minimum atomic E-state index is -0.588. The molecule has 1 aliphatic carbocycles. The van der Waals surface area contributed by atoms with Crippen LogP contribution in [-0.4, -0.2) is 52.6 Å². The highest BCUT2D eigenvalue weighted by atomic mass is 16.8. The molecule has 0 radical (unpaired) electrons. The van der Waals surface area contributed by atoms with E-state index in [9.17, 15) is 5.21 Å². The lowest BCUT2D eigenvalue weighted by atomic mass is 9.73. The number of piperidine rings is 1. The molecule has 3 aliphatic rings. The SMILES string of the molecule is CCC1(CC)CC2(CC(C)(C)N1O)OCC(COC1CCCCC1)O2. The second-order valence-electron chi connectivity index (χ2n) is 8.96. The molecule has 1 spiro atoms. The van der Waals surface area contributed by atoms with Crippen LogP contribution in [0.2, 0.25) is 0 Å². The van der Waals surface area contributed by atoms with Gasteiger partial charge in [-0.3, -0.25) is 0 Å². The Labute approximate surface area is 153 Å². The maximum Gasteiger partial charge on any atom is 0.172 e. The molecule has 5 heteroatoms. The summed E-state index contributed by atoms with van der Waals surface area (Å²) in [7, 11) is 0. The lowest BCUT2D eigenvalue weighted by Crippen LogP contribution is -2.66. The number of hydroxylamine groups is 2. The average molecular weight is 356 g/mol. The Morgan fingerprint density at radius 2 is 1.76 bits per heavy atom. The number of ether oxygens (including phenoxy) is 3. The van der Waals surface area contributed by atoms with E-state index in [1.807, 2.05) is 0 Å². The molecule has 0 aromatic heterocycles. The lowest BCUT2D eigenvalue weighted by Gasteiger charge is -2.56. The molecule has 3 fully saturated rings. The van der Waals surface area contributed by atoms with Crippen molar-refractivity contribution in [3.05, 3.63) is 0 Å². The summed E-state index contributed by atoms with van der Waals surface area (Å²) in [4.78, 5) is 0. The van der Waals surface area contributed by atoms with Crippen LogP contribution in [0.5, 0.6) is 0 Å². The summed E-state index contributed by atoms with van der Waals surface area (Å²) in [5, 5.41) is 12.4. The average Bonchev–Trinajstić information content (AvgIpc) is 2.99. The standard InChI is InChI=1S/C20H37NO4/c1-5-19(6-2)15-20(14-18(3,4)21(19)22)24-13-17(25-20)12-23-16-10-8-7-9-11-16/h16-17,22H,5-15H2,1-4H3. The first-order chi connectivity index (χ1) is 11.8. The summed E-state index contributed by atoms with van der Waals surface area (Å²) in [6, 6.07) is 0. The Morgan fingerprint density at radius 1 is 1.08 bits per heavy atom. The third-order valence-corrected chi connectivity index (χ3v) is 6.62. The Bertz CT molecular complexity index is 445. The second kappa shape index (κ2) is 7.43. The van der Waals surface area contributed by atoms with Crippen LogP contribution in [0, 0.1) is 0 Å². The zero-order valence-corrected chi connectivity index (χ0v) is 16.6. The normalized spacial score (nSPS) is 36.1. The number of rotatable bonds is 5. The van der Waals surface area contributed by atoms with E-state index in [-0.39, 0.29) is 17.2 Å². The molecule has 0 bridgehead atoms. The van der Waals surface area contributed by atoms with Gasteiger partial charge in [-0.05, 0) is 39.5 Å². The van der Waals surface area contributed by atoms with Crippen LogP contribution >= 0.6 is 0 Å². The van der Waals surface area contributed by atoms with Gasteiger partial charge in [-0.1, -0.05) is 33.1 Å². The molecular weight excluding hydrogens is 318 g/mol. The van der Waals surface area contributed by atoms with E-state index in [1.165, 1.54) is 32.1 Å². The Hall–Kier alpha value is -0.200. The largest absolute Gasteiger partial charge is 0.375 e. The summed E-state index contributed by atoms with van der Waals surface area (Å²) in [5.74, 6) is -0.588. The van der Waals surface area contributed by atoms with Crippen molar-refractivity contribution in [1.29, 1.82) is 0 Å². The first-order valence-electron chi connectivity index (χ1n) is 10.3. The predicted octanol–water partition coefficient (Wildman–Crippen LogP) is 4.27. The summed E-state index contributed by atoms with van der Waals surface area (Å²) >= 11 is 0. The van der Waals surface area contributed by atoms with Gasteiger partial charge in [0.1, 0.15) is 6.10 Å². The van der Waals surface area contributed by atoms with Crippen LogP contribution in [0.3, 0.4) is 0 Å². The van der Waals surface area contributed by atoms with E-state index in [1.54, 1.807) is 5.06 Å². The summed E-state index contributed by atoms with van der Waals surface area (Å²) in [5.41, 5.74) is -0.662. The van der Waals surface area contributed by atoms with Gasteiger partial charge in [0, 0.05) is 18.4 Å². The van der Waals surface area contributed by atoms with E-state index in [0.29, 0.717) is 32.2 Å². The molecule has 0 aromatic carbocycles. The van der Waals surface area contributed by atoms with Crippen molar-refractivity contribution < 1.29 is 19.4 Å². The molecule has 0 aromatic rings. The fourth-order valence-electron chi connectivity index (χ4n) is 5.17. The highest BCUT2D eigenvalue weighted by Crippen LogP contribution is 2.50. The zero-order valence-electron chi connectivity index (χ0n) is 16.6. The van der Waals surface area contributed by atoms with Crippen molar-refractivity contribution >= 4 is 0 Å². The highest BCUT2D eigenvalue weighted by molar-refractivity contribution is 5.05. The van der Waals surface area contributed by atoms with Crippen LogP contribution in [0.15, 0.2) is 0 Å². The van der Waals surface area contributed by atoms with Crippen molar-refractivity contribution in [2.45, 2.75) is 115 Å². The van der Waals surface area contributed by atoms with Gasteiger partial charge in [-0.2, -0.15) is 5.06 Å². The fourth-order valence-corrected chi connectivity index (χ4v) is 5.17. The number of nitrogens with zero attached hydrogens (tertiary/aromatic N) is 1. The number of hydrogen-bond donors (Lipinski definition) is 1. The molecule has 3 rings (SSSR count). The minimum Gasteiger partial charge on any atom is -0.375 e. The molecular formula is C20H37NO4. The van der Waals surface area contributed by atoms with Gasteiger partial charge >= 0.3 is 0 Å². The Balaban J connectivity index is 1.63. The molecule has 1 N–H and O–H groups in total. The highest BCUT2D eigenvalue weighted by Gasteiger charge is 2.58. The van der Waals surface area contributed by atoms with Crippen LogP contribution in [0.25, 0.3) is 0 Å². The van der Waals surface area contributed by atoms with Gasteiger partial charge in [-0.15, -0.1) is 0 Å². The van der Waals surface area contributed by atoms with Crippen molar-refractivity contribution in [1.82, 2.24) is 5.06 Å². The predicted molar refractivity (Wildman–Crippen MR) is 96.6 cm³/mol. The van der Waals surface area contributed by atoms with Gasteiger partial charge < -0.3 is 19.4 Å². The van der Waals surface area contributed by atoms with Crippen LogP contribution < -0.4 is 0 Å². The molecule has 2 saturated heterocycles.